The van der Waals surface area contributed by atoms with Gasteiger partial charge in [-0.15, -0.1) is 5.10 Å². The first-order valence-electron chi connectivity index (χ1n) is 9.85. The van der Waals surface area contributed by atoms with Crippen molar-refractivity contribution in [2.45, 2.75) is 64.7 Å². The second-order valence-electron chi connectivity index (χ2n) is 7.58. The molecule has 3 atom stereocenters. The Kier molecular flexibility index (Phi) is 5.04. The van der Waals surface area contributed by atoms with Gasteiger partial charge in [0.1, 0.15) is 0 Å². The molecule has 1 unspecified atom stereocenters. The molecule has 1 saturated heterocycles. The Hall–Kier alpha value is -1.46. The summed E-state index contributed by atoms with van der Waals surface area (Å²) >= 11 is 5.78. The summed E-state index contributed by atoms with van der Waals surface area (Å²) in [6, 6.07) is 11.2. The van der Waals surface area contributed by atoms with Crippen LogP contribution in [0.25, 0.3) is 11.4 Å². The predicted octanol–water partition coefficient (Wildman–Crippen LogP) is 3.30. The zero-order valence-corrected chi connectivity index (χ0v) is 16.0. The van der Waals surface area contributed by atoms with Crippen LogP contribution in [0, 0.1) is 10.7 Å². The van der Waals surface area contributed by atoms with Gasteiger partial charge < -0.3 is 9.47 Å². The van der Waals surface area contributed by atoms with Gasteiger partial charge >= 0.3 is 0 Å². The molecule has 2 heterocycles. The van der Waals surface area contributed by atoms with E-state index < -0.39 is 0 Å². The number of hydrogen-bond donors (Lipinski definition) is 1. The van der Waals surface area contributed by atoms with Gasteiger partial charge in [0.2, 0.25) is 4.77 Å². The minimum Gasteiger partial charge on any atom is -0.314 e. The number of nitrogens with one attached hydrogen (secondary N) is 1. The number of fused-ring (bicyclic) bond motifs is 1. The fourth-order valence-corrected chi connectivity index (χ4v) is 5.21. The fraction of sp³-hybridized carbons (Fsp3) is 0.600. The molecule has 4 nitrogen and oxygen atoms in total. The minimum absolute atomic E-state index is 0.816. The largest absolute Gasteiger partial charge is 0.314 e. The maximum atomic E-state index is 5.78. The topological polar surface area (TPSA) is 27.2 Å². The molecule has 0 radical (unpaired) electrons. The van der Waals surface area contributed by atoms with Crippen LogP contribution in [0.3, 0.4) is 0 Å². The molecule has 1 saturated carbocycles. The molecule has 0 bridgehead atoms. The summed E-state index contributed by atoms with van der Waals surface area (Å²) in [5, 5.41) is 4.94. The molecule has 0 spiro atoms. The summed E-state index contributed by atoms with van der Waals surface area (Å²) in [7, 11) is 0. The molecule has 2 fully saturated rings. The van der Waals surface area contributed by atoms with Crippen LogP contribution >= 0.6 is 12.2 Å². The molecule has 1 aliphatic heterocycles. The summed E-state index contributed by atoms with van der Waals surface area (Å²) < 4.78 is 5.13. The van der Waals surface area contributed by atoms with E-state index in [1.54, 1.807) is 4.90 Å². The highest BCUT2D eigenvalue weighted by Crippen LogP contribution is 2.28. The van der Waals surface area contributed by atoms with E-state index in [0.29, 0.717) is 0 Å². The second kappa shape index (κ2) is 7.42. The molecule has 4 rings (SSSR count). The zero-order chi connectivity index (χ0) is 17.2. The average Bonchev–Trinajstić information content (AvgIpc) is 2.98. The molecule has 5 heteroatoms. The van der Waals surface area contributed by atoms with E-state index in [4.69, 9.17) is 17.3 Å². The number of rotatable bonds is 4. The highest BCUT2D eigenvalue weighted by atomic mass is 32.1. The van der Waals surface area contributed by atoms with Crippen molar-refractivity contribution in [2.75, 3.05) is 6.54 Å². The van der Waals surface area contributed by atoms with Crippen LogP contribution in [0.2, 0.25) is 0 Å². The summed E-state index contributed by atoms with van der Waals surface area (Å²) in [4.78, 5) is 1.70. The summed E-state index contributed by atoms with van der Waals surface area (Å²) in [6.45, 7) is 5.21. The molecule has 1 aromatic heterocycles. The highest BCUT2D eigenvalue weighted by molar-refractivity contribution is 7.71. The van der Waals surface area contributed by atoms with Crippen molar-refractivity contribution in [3.05, 3.63) is 35.1 Å². The van der Waals surface area contributed by atoms with Crippen molar-refractivity contribution in [3.63, 3.8) is 0 Å². The van der Waals surface area contributed by atoms with Gasteiger partial charge in [0, 0.05) is 18.0 Å². The number of aromatic nitrogens is 3. The van der Waals surface area contributed by atoms with E-state index in [1.807, 2.05) is 6.07 Å². The smallest absolute Gasteiger partial charge is 0.203 e. The van der Waals surface area contributed by atoms with Gasteiger partial charge in [-0.1, -0.05) is 36.8 Å². The Labute approximate surface area is 155 Å². The minimum atomic E-state index is 0.816. The van der Waals surface area contributed by atoms with E-state index in [9.17, 15) is 0 Å². The Morgan fingerprint density at radius 1 is 1.12 bits per heavy atom. The van der Waals surface area contributed by atoms with Gasteiger partial charge in [-0.3, -0.25) is 0 Å². The number of piperidine rings is 1. The third-order valence-electron chi connectivity index (χ3n) is 6.13. The average molecular weight is 358 g/mol. The zero-order valence-electron chi connectivity index (χ0n) is 15.2. The third-order valence-corrected chi connectivity index (χ3v) is 6.56. The molecule has 25 heavy (non-hydrogen) atoms. The number of benzene rings is 1. The van der Waals surface area contributed by atoms with E-state index >= 15 is 0 Å². The van der Waals surface area contributed by atoms with Crippen LogP contribution in [-0.4, -0.2) is 26.9 Å². The normalized spacial score (nSPS) is 26.4. The quantitative estimate of drug-likeness (QED) is 0.850. The van der Waals surface area contributed by atoms with Crippen molar-refractivity contribution in [2.24, 2.45) is 5.92 Å². The predicted molar refractivity (Wildman–Crippen MR) is 103 cm³/mol. The van der Waals surface area contributed by atoms with Crippen LogP contribution in [0.15, 0.2) is 30.3 Å². The molecule has 2 aliphatic rings. The van der Waals surface area contributed by atoms with E-state index in [-0.39, 0.29) is 0 Å². The van der Waals surface area contributed by atoms with Crippen molar-refractivity contribution < 1.29 is 4.90 Å². The van der Waals surface area contributed by atoms with Gasteiger partial charge in [0.25, 0.3) is 0 Å². The van der Waals surface area contributed by atoms with Gasteiger partial charge in [-0.25, -0.2) is 0 Å². The van der Waals surface area contributed by atoms with Gasteiger partial charge in [0.05, 0.1) is 12.6 Å². The number of likely N-dealkylation sites (tertiary alicyclic amines) is 1. The van der Waals surface area contributed by atoms with Gasteiger partial charge in [0.15, 0.2) is 12.5 Å². The Balaban J connectivity index is 1.62. The van der Waals surface area contributed by atoms with Gasteiger partial charge in [-0.05, 0) is 51.2 Å². The van der Waals surface area contributed by atoms with Crippen LogP contribution < -0.4 is 4.90 Å². The molecule has 1 aromatic carbocycles. The van der Waals surface area contributed by atoms with Crippen LogP contribution in [0.4, 0.5) is 0 Å². The molecular formula is C20H29N4S+. The first kappa shape index (κ1) is 17.0. The number of nitrogens with zero attached hydrogens (tertiary/aromatic N) is 3. The SMILES string of the molecule is CCn1c(-c2ccccc2)nn(C[NH+]2CCC[C@@H]3CCCC[C@@H]32)c1=S. The van der Waals surface area contributed by atoms with Crippen LogP contribution in [0.5, 0.6) is 0 Å². The molecule has 134 valence electrons. The summed E-state index contributed by atoms with van der Waals surface area (Å²) in [5.41, 5.74) is 1.15. The molecule has 2 aromatic rings. The maximum Gasteiger partial charge on any atom is 0.203 e. The third kappa shape index (κ3) is 3.32. The lowest BCUT2D eigenvalue weighted by Gasteiger charge is -2.40. The Morgan fingerprint density at radius 3 is 2.68 bits per heavy atom. The fourth-order valence-electron chi connectivity index (χ4n) is 4.89. The molecular weight excluding hydrogens is 328 g/mol. The second-order valence-corrected chi connectivity index (χ2v) is 7.94. The van der Waals surface area contributed by atoms with Crippen molar-refractivity contribution in [3.8, 4) is 11.4 Å². The molecule has 1 aliphatic carbocycles. The number of hydrogen-bond acceptors (Lipinski definition) is 2. The van der Waals surface area contributed by atoms with E-state index in [0.717, 1.165) is 41.3 Å². The lowest BCUT2D eigenvalue weighted by molar-refractivity contribution is -0.958. The van der Waals surface area contributed by atoms with Crippen LogP contribution in [-0.2, 0) is 13.2 Å². The number of quaternary nitrogens is 1. The molecule has 1 N–H and O–H groups in total. The first-order valence-corrected chi connectivity index (χ1v) is 10.3. The Morgan fingerprint density at radius 2 is 1.88 bits per heavy atom. The lowest BCUT2D eigenvalue weighted by Crippen LogP contribution is -3.17. The van der Waals surface area contributed by atoms with E-state index in [2.05, 4.69) is 40.4 Å². The first-order chi connectivity index (χ1) is 12.3. The summed E-state index contributed by atoms with van der Waals surface area (Å²) in [6.07, 6.45) is 8.42. The highest BCUT2D eigenvalue weighted by Gasteiger charge is 2.36. The lowest BCUT2D eigenvalue weighted by atomic mass is 9.78. The van der Waals surface area contributed by atoms with Crippen molar-refractivity contribution in [1.29, 1.82) is 0 Å². The maximum absolute atomic E-state index is 5.78. The van der Waals surface area contributed by atoms with Crippen molar-refractivity contribution >= 4 is 12.2 Å². The standard InChI is InChI=1S/C20H28N4S/c1-2-23-19(17-10-4-3-5-11-17)21-24(20(23)25)15-22-14-8-12-16-9-6-7-13-18(16)22/h3-5,10-11,16,18H,2,6-9,12-15H2,1H3/p+1/t16-,18-/m0/s1. The van der Waals surface area contributed by atoms with Crippen molar-refractivity contribution in [1.82, 2.24) is 14.3 Å². The Bertz CT molecular complexity index is 762. The van der Waals surface area contributed by atoms with Gasteiger partial charge in [-0.2, -0.15) is 4.68 Å². The van der Waals surface area contributed by atoms with E-state index in [1.165, 1.54) is 45.1 Å². The summed E-state index contributed by atoms with van der Waals surface area (Å²) in [5.74, 6) is 1.93. The van der Waals surface area contributed by atoms with Crippen LogP contribution in [0.1, 0.15) is 45.4 Å². The molecule has 0 amide bonds. The monoisotopic (exact) mass is 357 g/mol.